The van der Waals surface area contributed by atoms with Crippen LogP contribution < -0.4 is 10.2 Å². The van der Waals surface area contributed by atoms with Crippen molar-refractivity contribution in [2.24, 2.45) is 11.8 Å². The summed E-state index contributed by atoms with van der Waals surface area (Å²) in [6.07, 6.45) is 1.30. The number of nitrogens with one attached hydrogen (secondary N) is 1. The van der Waals surface area contributed by atoms with Crippen LogP contribution in [-0.2, 0) is 6.54 Å². The molecule has 4 nitrogen and oxygen atoms in total. The van der Waals surface area contributed by atoms with E-state index in [4.69, 9.17) is 0 Å². The molecule has 0 amide bonds. The number of rotatable bonds is 3. The van der Waals surface area contributed by atoms with Gasteiger partial charge in [-0.05, 0) is 58.1 Å². The van der Waals surface area contributed by atoms with Crippen molar-refractivity contribution in [2.75, 3.05) is 11.4 Å². The molecule has 1 N–H and O–H groups in total. The molecule has 2 rings (SSSR count). The minimum absolute atomic E-state index is 0.104. The SMILES string of the molecule is CC1CC(C)C(C)N(c2ccc(CNC(C)(C)C)nn2)C1. The second kappa shape index (κ2) is 6.30. The van der Waals surface area contributed by atoms with Gasteiger partial charge >= 0.3 is 0 Å². The van der Waals surface area contributed by atoms with Gasteiger partial charge in [0.15, 0.2) is 5.82 Å². The summed E-state index contributed by atoms with van der Waals surface area (Å²) in [6, 6.07) is 4.75. The highest BCUT2D eigenvalue weighted by Crippen LogP contribution is 2.29. The number of aromatic nitrogens is 2. The van der Waals surface area contributed by atoms with E-state index in [2.05, 4.69) is 74.1 Å². The Bertz CT molecular complexity index is 449. The van der Waals surface area contributed by atoms with Gasteiger partial charge in [0.05, 0.1) is 5.69 Å². The maximum absolute atomic E-state index is 4.46. The molecule has 0 aromatic carbocycles. The molecule has 0 radical (unpaired) electrons. The molecule has 1 fully saturated rings. The van der Waals surface area contributed by atoms with E-state index in [9.17, 15) is 0 Å². The van der Waals surface area contributed by atoms with E-state index in [0.29, 0.717) is 12.0 Å². The summed E-state index contributed by atoms with van der Waals surface area (Å²) in [6.45, 7) is 15.3. The first-order valence-corrected chi connectivity index (χ1v) is 8.10. The lowest BCUT2D eigenvalue weighted by molar-refractivity contribution is 0.295. The lowest BCUT2D eigenvalue weighted by Gasteiger charge is -2.41. The summed E-state index contributed by atoms with van der Waals surface area (Å²) in [5.74, 6) is 2.44. The predicted molar refractivity (Wildman–Crippen MR) is 88.4 cm³/mol. The fourth-order valence-electron chi connectivity index (χ4n) is 2.97. The van der Waals surface area contributed by atoms with Crippen molar-refractivity contribution in [1.29, 1.82) is 0 Å². The molecule has 0 saturated carbocycles. The van der Waals surface area contributed by atoms with Gasteiger partial charge in [0, 0.05) is 24.7 Å². The Labute approximate surface area is 129 Å². The second-order valence-electron chi connectivity index (χ2n) is 7.70. The normalized spacial score (nSPS) is 27.0. The molecule has 3 atom stereocenters. The molecule has 1 aliphatic rings. The van der Waals surface area contributed by atoms with Crippen LogP contribution >= 0.6 is 0 Å². The molecule has 2 heterocycles. The molecule has 0 aliphatic carbocycles. The Hall–Kier alpha value is -1.16. The average molecular weight is 290 g/mol. The van der Waals surface area contributed by atoms with Crippen molar-refractivity contribution in [3.63, 3.8) is 0 Å². The van der Waals surface area contributed by atoms with E-state index in [1.54, 1.807) is 0 Å². The first kappa shape index (κ1) is 16.2. The zero-order valence-electron chi connectivity index (χ0n) is 14.3. The molecule has 1 aromatic rings. The third-order valence-corrected chi connectivity index (χ3v) is 4.40. The molecular formula is C17H30N4. The topological polar surface area (TPSA) is 41.0 Å². The summed E-state index contributed by atoms with van der Waals surface area (Å²) < 4.78 is 0. The quantitative estimate of drug-likeness (QED) is 0.928. The average Bonchev–Trinajstić information content (AvgIpc) is 2.40. The van der Waals surface area contributed by atoms with Crippen molar-refractivity contribution in [2.45, 2.75) is 66.1 Å². The van der Waals surface area contributed by atoms with Gasteiger partial charge in [-0.15, -0.1) is 5.10 Å². The Morgan fingerprint density at radius 1 is 1.19 bits per heavy atom. The van der Waals surface area contributed by atoms with Crippen molar-refractivity contribution in [3.05, 3.63) is 17.8 Å². The molecular weight excluding hydrogens is 260 g/mol. The Morgan fingerprint density at radius 2 is 1.90 bits per heavy atom. The van der Waals surface area contributed by atoms with Crippen molar-refractivity contribution >= 4 is 5.82 Å². The van der Waals surface area contributed by atoms with Crippen molar-refractivity contribution in [3.8, 4) is 0 Å². The highest BCUT2D eigenvalue weighted by Gasteiger charge is 2.29. The van der Waals surface area contributed by atoms with Crippen LogP contribution in [-0.4, -0.2) is 28.3 Å². The zero-order valence-corrected chi connectivity index (χ0v) is 14.3. The molecule has 1 aliphatic heterocycles. The van der Waals surface area contributed by atoms with Gasteiger partial charge in [0.2, 0.25) is 0 Å². The molecule has 21 heavy (non-hydrogen) atoms. The van der Waals surface area contributed by atoms with E-state index in [1.165, 1.54) is 6.42 Å². The Morgan fingerprint density at radius 3 is 2.48 bits per heavy atom. The molecule has 1 saturated heterocycles. The minimum Gasteiger partial charge on any atom is -0.352 e. The zero-order chi connectivity index (χ0) is 15.6. The standard InChI is InChI=1S/C17H30N4/c1-12-9-13(2)14(3)21(11-12)16-8-7-15(19-20-16)10-18-17(4,5)6/h7-8,12-14,18H,9-11H2,1-6H3. The highest BCUT2D eigenvalue weighted by atomic mass is 15.3. The number of hydrogen-bond donors (Lipinski definition) is 1. The van der Waals surface area contributed by atoms with Crippen molar-refractivity contribution in [1.82, 2.24) is 15.5 Å². The summed E-state index contributed by atoms with van der Waals surface area (Å²) >= 11 is 0. The minimum atomic E-state index is 0.104. The van der Waals surface area contributed by atoms with Crippen molar-refractivity contribution < 1.29 is 0 Å². The van der Waals surface area contributed by atoms with E-state index in [0.717, 1.165) is 30.5 Å². The Balaban J connectivity index is 2.04. The van der Waals surface area contributed by atoms with Crippen LogP contribution in [0.1, 0.15) is 53.7 Å². The van der Waals surface area contributed by atoms with Gasteiger partial charge in [0.25, 0.3) is 0 Å². The van der Waals surface area contributed by atoms with Gasteiger partial charge in [0.1, 0.15) is 0 Å². The smallest absolute Gasteiger partial charge is 0.151 e. The molecule has 1 aromatic heterocycles. The number of hydrogen-bond acceptors (Lipinski definition) is 4. The molecule has 4 heteroatoms. The third kappa shape index (κ3) is 4.40. The first-order valence-electron chi connectivity index (χ1n) is 8.10. The third-order valence-electron chi connectivity index (χ3n) is 4.40. The summed E-state index contributed by atoms with van der Waals surface area (Å²) in [7, 11) is 0. The fraction of sp³-hybridized carbons (Fsp3) is 0.765. The van der Waals surface area contributed by atoms with E-state index >= 15 is 0 Å². The maximum Gasteiger partial charge on any atom is 0.151 e. The van der Waals surface area contributed by atoms with E-state index < -0.39 is 0 Å². The number of nitrogens with zero attached hydrogens (tertiary/aromatic N) is 3. The summed E-state index contributed by atoms with van der Waals surface area (Å²) in [5, 5.41) is 12.3. The van der Waals surface area contributed by atoms with Gasteiger partial charge in [-0.25, -0.2) is 0 Å². The van der Waals surface area contributed by atoms with Crippen LogP contribution in [0.2, 0.25) is 0 Å². The molecule has 0 bridgehead atoms. The van der Waals surface area contributed by atoms with Crippen LogP contribution in [0.25, 0.3) is 0 Å². The van der Waals surface area contributed by atoms with Crippen LogP contribution in [0, 0.1) is 11.8 Å². The molecule has 118 valence electrons. The van der Waals surface area contributed by atoms with Gasteiger partial charge in [-0.1, -0.05) is 13.8 Å². The number of piperidine rings is 1. The summed E-state index contributed by atoms with van der Waals surface area (Å²) in [4.78, 5) is 2.41. The Kier molecular flexibility index (Phi) is 4.87. The van der Waals surface area contributed by atoms with Gasteiger partial charge in [-0.2, -0.15) is 5.10 Å². The lowest BCUT2D eigenvalue weighted by atomic mass is 9.86. The lowest BCUT2D eigenvalue weighted by Crippen LogP contribution is -2.46. The first-order chi connectivity index (χ1) is 9.76. The van der Waals surface area contributed by atoms with Gasteiger partial charge in [-0.3, -0.25) is 0 Å². The fourth-order valence-corrected chi connectivity index (χ4v) is 2.97. The van der Waals surface area contributed by atoms with Crippen LogP contribution in [0.4, 0.5) is 5.82 Å². The molecule has 0 spiro atoms. The largest absolute Gasteiger partial charge is 0.352 e. The van der Waals surface area contributed by atoms with Crippen LogP contribution in [0.15, 0.2) is 12.1 Å². The van der Waals surface area contributed by atoms with E-state index in [-0.39, 0.29) is 5.54 Å². The van der Waals surface area contributed by atoms with Crippen LogP contribution in [0.5, 0.6) is 0 Å². The summed E-state index contributed by atoms with van der Waals surface area (Å²) in [5.41, 5.74) is 1.10. The van der Waals surface area contributed by atoms with Gasteiger partial charge < -0.3 is 10.2 Å². The maximum atomic E-state index is 4.46. The number of anilines is 1. The van der Waals surface area contributed by atoms with Crippen LogP contribution in [0.3, 0.4) is 0 Å². The highest BCUT2D eigenvalue weighted by molar-refractivity contribution is 5.39. The monoisotopic (exact) mass is 290 g/mol. The second-order valence-corrected chi connectivity index (χ2v) is 7.70. The van der Waals surface area contributed by atoms with E-state index in [1.807, 2.05) is 0 Å². The predicted octanol–water partition coefficient (Wildman–Crippen LogP) is 3.24. The molecule has 3 unspecified atom stereocenters.